The molecular formula is C18H19N3O3S. The van der Waals surface area contributed by atoms with Gasteiger partial charge in [0, 0.05) is 6.07 Å². The van der Waals surface area contributed by atoms with Crippen LogP contribution in [0.4, 0.5) is 0 Å². The van der Waals surface area contributed by atoms with E-state index >= 15 is 0 Å². The summed E-state index contributed by atoms with van der Waals surface area (Å²) in [4.78, 5) is 29.0. The molecule has 3 aromatic rings. The Morgan fingerprint density at radius 3 is 2.56 bits per heavy atom. The summed E-state index contributed by atoms with van der Waals surface area (Å²) in [5.41, 5.74) is 1.77. The van der Waals surface area contributed by atoms with Crippen molar-refractivity contribution in [3.63, 3.8) is 0 Å². The van der Waals surface area contributed by atoms with Crippen LogP contribution in [-0.2, 0) is 16.8 Å². The van der Waals surface area contributed by atoms with Crippen LogP contribution in [0.1, 0.15) is 47.4 Å². The Morgan fingerprint density at radius 2 is 1.92 bits per heavy atom. The summed E-state index contributed by atoms with van der Waals surface area (Å²) < 4.78 is 6.53. The average Bonchev–Trinajstić information content (AvgIpc) is 2.93. The summed E-state index contributed by atoms with van der Waals surface area (Å²) in [5.74, 6) is -0.442. The van der Waals surface area contributed by atoms with Gasteiger partial charge in [-0.15, -0.1) is 0 Å². The fourth-order valence-electron chi connectivity index (χ4n) is 2.35. The number of benzene rings is 1. The molecule has 6 nitrogen and oxygen atoms in total. The topological polar surface area (TPSA) is 73.6 Å². The highest BCUT2D eigenvalue weighted by Crippen LogP contribution is 2.22. The van der Waals surface area contributed by atoms with Gasteiger partial charge in [-0.2, -0.15) is 9.61 Å². The number of hydrogen-bond donors (Lipinski definition) is 0. The van der Waals surface area contributed by atoms with E-state index in [0.29, 0.717) is 16.2 Å². The van der Waals surface area contributed by atoms with Crippen molar-refractivity contribution in [3.05, 3.63) is 62.5 Å². The van der Waals surface area contributed by atoms with E-state index in [1.807, 2.05) is 12.1 Å². The highest BCUT2D eigenvalue weighted by Gasteiger charge is 2.15. The molecule has 0 N–H and O–H groups in total. The van der Waals surface area contributed by atoms with Crippen molar-refractivity contribution in [2.75, 3.05) is 0 Å². The van der Waals surface area contributed by atoms with E-state index < -0.39 is 5.97 Å². The van der Waals surface area contributed by atoms with Crippen molar-refractivity contribution < 1.29 is 9.53 Å². The predicted molar refractivity (Wildman–Crippen MR) is 96.1 cm³/mol. The summed E-state index contributed by atoms with van der Waals surface area (Å²) in [5, 5.41) is 4.82. The van der Waals surface area contributed by atoms with Crippen LogP contribution in [0.2, 0.25) is 0 Å². The second kappa shape index (κ2) is 6.40. The van der Waals surface area contributed by atoms with E-state index in [-0.39, 0.29) is 17.6 Å². The molecule has 3 rings (SSSR count). The molecule has 0 radical (unpaired) electrons. The molecule has 0 saturated carbocycles. The monoisotopic (exact) mass is 357 g/mol. The summed E-state index contributed by atoms with van der Waals surface area (Å²) in [6, 6.07) is 8.69. The van der Waals surface area contributed by atoms with Gasteiger partial charge in [0.2, 0.25) is 4.96 Å². The molecule has 0 atom stereocenters. The Hall–Kier alpha value is -2.54. The Bertz CT molecular complexity index is 981. The number of aromatic nitrogens is 3. The lowest BCUT2D eigenvalue weighted by Crippen LogP contribution is -2.16. The number of fused-ring (bicyclic) bond motifs is 1. The Kier molecular flexibility index (Phi) is 4.43. The van der Waals surface area contributed by atoms with Crippen LogP contribution in [0.3, 0.4) is 0 Å². The van der Waals surface area contributed by atoms with Gasteiger partial charge < -0.3 is 4.74 Å². The van der Waals surface area contributed by atoms with Crippen LogP contribution >= 0.6 is 11.3 Å². The smallest absolute Gasteiger partial charge is 0.338 e. The minimum Gasteiger partial charge on any atom is -0.456 e. The number of esters is 1. The first kappa shape index (κ1) is 17.3. The van der Waals surface area contributed by atoms with E-state index in [1.54, 1.807) is 19.1 Å². The third-order valence-corrected chi connectivity index (χ3v) is 4.56. The van der Waals surface area contributed by atoms with Gasteiger partial charge in [0.25, 0.3) is 5.56 Å². The average molecular weight is 357 g/mol. The molecule has 0 amide bonds. The quantitative estimate of drug-likeness (QED) is 0.674. The predicted octanol–water partition coefficient (Wildman–Crippen LogP) is 3.11. The molecule has 2 aromatic heterocycles. The maximum absolute atomic E-state index is 12.2. The van der Waals surface area contributed by atoms with Crippen LogP contribution in [0.25, 0.3) is 4.96 Å². The van der Waals surface area contributed by atoms with Crippen molar-refractivity contribution in [1.29, 1.82) is 0 Å². The van der Waals surface area contributed by atoms with E-state index in [0.717, 1.165) is 10.6 Å². The first-order valence-corrected chi connectivity index (χ1v) is 8.70. The zero-order valence-corrected chi connectivity index (χ0v) is 15.4. The molecule has 1 aromatic carbocycles. The van der Waals surface area contributed by atoms with Crippen molar-refractivity contribution in [1.82, 2.24) is 14.6 Å². The molecule has 0 bridgehead atoms. The van der Waals surface area contributed by atoms with Gasteiger partial charge in [-0.3, -0.25) is 4.79 Å². The normalized spacial score (nSPS) is 11.7. The minimum absolute atomic E-state index is 0.0246. The number of rotatable bonds is 3. The summed E-state index contributed by atoms with van der Waals surface area (Å²) >= 11 is 1.32. The SMILES string of the molecule is Cc1nn2c(=O)cc(COC(=O)c3ccc(C(C)(C)C)cc3)nc2s1. The van der Waals surface area contributed by atoms with Crippen molar-refractivity contribution in [2.45, 2.75) is 39.7 Å². The van der Waals surface area contributed by atoms with E-state index in [4.69, 9.17) is 4.74 Å². The molecule has 0 fully saturated rings. The van der Waals surface area contributed by atoms with E-state index in [9.17, 15) is 9.59 Å². The first-order chi connectivity index (χ1) is 11.7. The van der Waals surface area contributed by atoms with Crippen molar-refractivity contribution in [2.24, 2.45) is 0 Å². The highest BCUT2D eigenvalue weighted by atomic mass is 32.1. The van der Waals surface area contributed by atoms with Crippen LogP contribution in [-0.4, -0.2) is 20.6 Å². The van der Waals surface area contributed by atoms with Crippen LogP contribution < -0.4 is 5.56 Å². The minimum atomic E-state index is -0.442. The molecule has 0 unspecified atom stereocenters. The van der Waals surface area contributed by atoms with E-state index in [1.165, 1.54) is 21.9 Å². The number of aryl methyl sites for hydroxylation is 1. The van der Waals surface area contributed by atoms with Gasteiger partial charge in [-0.1, -0.05) is 44.2 Å². The molecule has 7 heteroatoms. The maximum Gasteiger partial charge on any atom is 0.338 e. The number of hydrogen-bond acceptors (Lipinski definition) is 6. The van der Waals surface area contributed by atoms with Gasteiger partial charge in [-0.05, 0) is 30.0 Å². The number of ether oxygens (including phenoxy) is 1. The molecule has 0 saturated heterocycles. The first-order valence-electron chi connectivity index (χ1n) is 7.88. The molecule has 2 heterocycles. The van der Waals surface area contributed by atoms with E-state index in [2.05, 4.69) is 30.9 Å². The van der Waals surface area contributed by atoms with Crippen LogP contribution in [0, 0.1) is 6.92 Å². The number of carbonyl (C=O) groups excluding carboxylic acids is 1. The zero-order chi connectivity index (χ0) is 18.2. The number of carbonyl (C=O) groups is 1. The zero-order valence-electron chi connectivity index (χ0n) is 14.6. The molecule has 0 spiro atoms. The lowest BCUT2D eigenvalue weighted by atomic mass is 9.87. The fraction of sp³-hybridized carbons (Fsp3) is 0.333. The maximum atomic E-state index is 12.2. The van der Waals surface area contributed by atoms with Gasteiger partial charge in [-0.25, -0.2) is 9.78 Å². The van der Waals surface area contributed by atoms with Gasteiger partial charge >= 0.3 is 5.97 Å². The van der Waals surface area contributed by atoms with Crippen molar-refractivity contribution in [3.8, 4) is 0 Å². The largest absolute Gasteiger partial charge is 0.456 e. The Labute approximate surface area is 149 Å². The molecule has 130 valence electrons. The van der Waals surface area contributed by atoms with Gasteiger partial charge in [0.15, 0.2) is 0 Å². The van der Waals surface area contributed by atoms with Crippen molar-refractivity contribution >= 4 is 22.3 Å². The standard InChI is InChI=1S/C18H19N3O3S/c1-11-20-21-15(22)9-14(19-17(21)25-11)10-24-16(23)12-5-7-13(8-6-12)18(2,3)4/h5-9H,10H2,1-4H3. The molecule has 0 aliphatic rings. The lowest BCUT2D eigenvalue weighted by molar-refractivity contribution is 0.0467. The van der Waals surface area contributed by atoms with Gasteiger partial charge in [0.1, 0.15) is 11.6 Å². The third-order valence-electron chi connectivity index (χ3n) is 3.74. The molecule has 0 aliphatic carbocycles. The third kappa shape index (κ3) is 3.76. The Balaban J connectivity index is 1.73. The number of nitrogens with zero attached hydrogens (tertiary/aromatic N) is 3. The summed E-state index contributed by atoms with van der Waals surface area (Å²) in [6.45, 7) is 8.09. The van der Waals surface area contributed by atoms with Crippen LogP contribution in [0.15, 0.2) is 35.1 Å². The molecule has 0 aliphatic heterocycles. The van der Waals surface area contributed by atoms with Gasteiger partial charge in [0.05, 0.1) is 11.3 Å². The summed E-state index contributed by atoms with van der Waals surface area (Å²) in [6.07, 6.45) is 0. The molecule has 25 heavy (non-hydrogen) atoms. The highest BCUT2D eigenvalue weighted by molar-refractivity contribution is 7.16. The second-order valence-corrected chi connectivity index (χ2v) is 7.96. The lowest BCUT2D eigenvalue weighted by Gasteiger charge is -2.18. The second-order valence-electron chi connectivity index (χ2n) is 6.80. The fourth-order valence-corrected chi connectivity index (χ4v) is 3.12. The Morgan fingerprint density at radius 1 is 1.24 bits per heavy atom. The van der Waals surface area contributed by atoms with Crippen LogP contribution in [0.5, 0.6) is 0 Å². The molecular weight excluding hydrogens is 338 g/mol. The summed E-state index contributed by atoms with van der Waals surface area (Å²) in [7, 11) is 0.